The highest BCUT2D eigenvalue weighted by Crippen LogP contribution is 2.36. The van der Waals surface area contributed by atoms with E-state index < -0.39 is 18.3 Å². The van der Waals surface area contributed by atoms with Gasteiger partial charge >= 0.3 is 7.12 Å². The van der Waals surface area contributed by atoms with Gasteiger partial charge in [0.15, 0.2) is 0 Å². The van der Waals surface area contributed by atoms with Gasteiger partial charge < -0.3 is 9.31 Å². The predicted octanol–water partition coefficient (Wildman–Crippen LogP) is 1.91. The average molecular weight is 265 g/mol. The molecule has 1 saturated heterocycles. The molecule has 1 aliphatic rings. The Morgan fingerprint density at radius 3 is 2.28 bits per heavy atom. The molecule has 94 valence electrons. The van der Waals surface area contributed by atoms with E-state index >= 15 is 0 Å². The number of nitrogens with zero attached hydrogens (tertiary/aromatic N) is 2. The first kappa shape index (κ1) is 13.3. The van der Waals surface area contributed by atoms with Gasteiger partial charge in [0.1, 0.15) is 6.07 Å². The Bertz CT molecular complexity index is 509. The summed E-state index contributed by atoms with van der Waals surface area (Å²) in [6.07, 6.45) is 1.43. The Labute approximate surface area is 112 Å². The van der Waals surface area contributed by atoms with Gasteiger partial charge in [-0.15, -0.1) is 0 Å². The van der Waals surface area contributed by atoms with Crippen molar-refractivity contribution in [1.29, 1.82) is 5.26 Å². The predicted molar refractivity (Wildman–Crippen MR) is 69.7 cm³/mol. The number of hydrogen-bond donors (Lipinski definition) is 0. The maximum absolute atomic E-state index is 8.80. The minimum atomic E-state index is -0.555. The Balaban J connectivity index is 2.31. The van der Waals surface area contributed by atoms with E-state index in [9.17, 15) is 0 Å². The average Bonchev–Trinajstić information content (AvgIpc) is 2.48. The molecule has 0 unspecified atom stereocenters. The van der Waals surface area contributed by atoms with Crippen molar-refractivity contribution >= 4 is 24.3 Å². The first-order chi connectivity index (χ1) is 8.27. The van der Waals surface area contributed by atoms with Gasteiger partial charge in [-0.05, 0) is 33.8 Å². The Hall–Kier alpha value is -1.09. The molecule has 1 aliphatic heterocycles. The summed E-state index contributed by atoms with van der Waals surface area (Å²) >= 11 is 5.98. The monoisotopic (exact) mass is 264 g/mol. The van der Waals surface area contributed by atoms with E-state index in [-0.39, 0.29) is 0 Å². The van der Waals surface area contributed by atoms with Gasteiger partial charge in [0.05, 0.1) is 27.4 Å². The summed E-state index contributed by atoms with van der Waals surface area (Å²) in [5.74, 6) is 0. The molecular weight excluding hydrogens is 250 g/mol. The molecule has 18 heavy (non-hydrogen) atoms. The highest BCUT2D eigenvalue weighted by Gasteiger charge is 2.52. The third kappa shape index (κ3) is 2.12. The third-order valence-electron chi connectivity index (χ3n) is 3.49. The van der Waals surface area contributed by atoms with Crippen LogP contribution in [0.4, 0.5) is 0 Å². The summed E-state index contributed by atoms with van der Waals surface area (Å²) in [5.41, 5.74) is 0.0917. The molecule has 0 aliphatic carbocycles. The number of rotatable bonds is 1. The summed E-state index contributed by atoms with van der Waals surface area (Å²) in [6.45, 7) is 7.88. The van der Waals surface area contributed by atoms with Crippen LogP contribution in [-0.4, -0.2) is 23.3 Å². The second kappa shape index (κ2) is 4.23. The molecule has 4 nitrogen and oxygen atoms in total. The molecule has 2 heterocycles. The molecule has 0 aromatic carbocycles. The second-order valence-electron chi connectivity index (χ2n) is 5.29. The zero-order valence-corrected chi connectivity index (χ0v) is 11.6. The highest BCUT2D eigenvalue weighted by molar-refractivity contribution is 6.61. The topological polar surface area (TPSA) is 55.1 Å². The van der Waals surface area contributed by atoms with E-state index in [0.717, 1.165) is 0 Å². The first-order valence-corrected chi connectivity index (χ1v) is 6.06. The lowest BCUT2D eigenvalue weighted by Gasteiger charge is -2.32. The Morgan fingerprint density at radius 1 is 1.28 bits per heavy atom. The second-order valence-corrected chi connectivity index (χ2v) is 5.70. The number of halogens is 1. The van der Waals surface area contributed by atoms with E-state index in [1.165, 1.54) is 6.20 Å². The van der Waals surface area contributed by atoms with Crippen molar-refractivity contribution in [2.24, 2.45) is 0 Å². The molecule has 0 saturated carbocycles. The summed E-state index contributed by atoms with van der Waals surface area (Å²) in [5, 5.41) is 9.16. The van der Waals surface area contributed by atoms with Crippen molar-refractivity contribution in [3.8, 4) is 6.07 Å². The molecule has 1 fully saturated rings. The fraction of sp³-hybridized carbons (Fsp3) is 0.500. The zero-order chi connectivity index (χ0) is 13.6. The lowest BCUT2D eigenvalue weighted by molar-refractivity contribution is 0.00578. The highest BCUT2D eigenvalue weighted by atomic mass is 35.5. The molecule has 0 N–H and O–H groups in total. The van der Waals surface area contributed by atoms with Crippen molar-refractivity contribution in [1.82, 2.24) is 4.98 Å². The number of nitriles is 1. The van der Waals surface area contributed by atoms with E-state index in [1.54, 1.807) is 6.07 Å². The van der Waals surface area contributed by atoms with Crippen LogP contribution in [0.5, 0.6) is 0 Å². The fourth-order valence-corrected chi connectivity index (χ4v) is 1.82. The van der Waals surface area contributed by atoms with Crippen LogP contribution in [0.3, 0.4) is 0 Å². The molecule has 0 bridgehead atoms. The quantitative estimate of drug-likeness (QED) is 0.727. The lowest BCUT2D eigenvalue weighted by atomic mass is 9.84. The van der Waals surface area contributed by atoms with Crippen LogP contribution in [0, 0.1) is 11.3 Å². The first-order valence-electron chi connectivity index (χ1n) is 5.68. The van der Waals surface area contributed by atoms with Crippen LogP contribution < -0.4 is 5.59 Å². The SMILES string of the molecule is CC1(C)OB(c2cc(Cl)c(C#N)cn2)OC1(C)C. The maximum Gasteiger partial charge on any atom is 0.514 e. The summed E-state index contributed by atoms with van der Waals surface area (Å²) in [4.78, 5) is 4.17. The van der Waals surface area contributed by atoms with Crippen molar-refractivity contribution in [2.45, 2.75) is 38.9 Å². The lowest BCUT2D eigenvalue weighted by Crippen LogP contribution is -2.41. The molecule has 0 radical (unpaired) electrons. The van der Waals surface area contributed by atoms with Crippen molar-refractivity contribution in [3.05, 3.63) is 22.8 Å². The van der Waals surface area contributed by atoms with Crippen LogP contribution in [0.2, 0.25) is 5.02 Å². The van der Waals surface area contributed by atoms with Gasteiger partial charge in [0.25, 0.3) is 0 Å². The smallest absolute Gasteiger partial charge is 0.398 e. The molecule has 6 heteroatoms. The van der Waals surface area contributed by atoms with E-state index in [4.69, 9.17) is 26.2 Å². The summed E-state index contributed by atoms with van der Waals surface area (Å²) < 4.78 is 11.7. The van der Waals surface area contributed by atoms with Crippen molar-refractivity contribution < 1.29 is 9.31 Å². The van der Waals surface area contributed by atoms with E-state index in [1.807, 2.05) is 33.8 Å². The fourth-order valence-electron chi connectivity index (χ4n) is 1.62. The maximum atomic E-state index is 8.80. The van der Waals surface area contributed by atoms with Gasteiger partial charge in [-0.3, -0.25) is 4.98 Å². The van der Waals surface area contributed by atoms with Gasteiger partial charge in [-0.25, -0.2) is 0 Å². The van der Waals surface area contributed by atoms with Gasteiger partial charge in [-0.1, -0.05) is 11.6 Å². The van der Waals surface area contributed by atoms with Gasteiger partial charge in [-0.2, -0.15) is 5.26 Å². The molecule has 1 aromatic rings. The van der Waals surface area contributed by atoms with Crippen molar-refractivity contribution in [2.75, 3.05) is 0 Å². The number of aromatic nitrogens is 1. The van der Waals surface area contributed by atoms with Crippen LogP contribution in [0.1, 0.15) is 33.3 Å². The van der Waals surface area contributed by atoms with Crippen LogP contribution in [0.15, 0.2) is 12.3 Å². The van der Waals surface area contributed by atoms with E-state index in [0.29, 0.717) is 16.2 Å². The number of hydrogen-bond acceptors (Lipinski definition) is 4. The minimum Gasteiger partial charge on any atom is -0.398 e. The largest absolute Gasteiger partial charge is 0.514 e. The minimum absolute atomic E-state index is 0.344. The Morgan fingerprint density at radius 2 is 1.83 bits per heavy atom. The summed E-state index contributed by atoms with van der Waals surface area (Å²) in [6, 6.07) is 3.58. The molecule has 0 amide bonds. The van der Waals surface area contributed by atoms with Crippen LogP contribution in [0.25, 0.3) is 0 Å². The van der Waals surface area contributed by atoms with E-state index in [2.05, 4.69) is 4.98 Å². The molecule has 1 aromatic heterocycles. The standard InChI is InChI=1S/C12H14BClN2O2/c1-11(2)12(3,4)18-13(17-11)10-5-9(14)8(6-15)7-16-10/h5,7H,1-4H3. The van der Waals surface area contributed by atoms with Gasteiger partial charge in [0.2, 0.25) is 0 Å². The Kier molecular flexibility index (Phi) is 3.14. The normalized spacial score (nSPS) is 20.8. The summed E-state index contributed by atoms with van der Waals surface area (Å²) in [7, 11) is -0.555. The van der Waals surface area contributed by atoms with Crippen molar-refractivity contribution in [3.63, 3.8) is 0 Å². The van der Waals surface area contributed by atoms with Crippen LogP contribution >= 0.6 is 11.6 Å². The molecule has 2 rings (SSSR count). The molecular formula is C12H14BClN2O2. The van der Waals surface area contributed by atoms with Crippen LogP contribution in [-0.2, 0) is 9.31 Å². The molecule has 0 spiro atoms. The number of pyridine rings is 1. The zero-order valence-electron chi connectivity index (χ0n) is 10.8. The molecule has 0 atom stereocenters. The third-order valence-corrected chi connectivity index (χ3v) is 3.80. The van der Waals surface area contributed by atoms with Gasteiger partial charge in [0, 0.05) is 6.20 Å².